The zero-order valence-electron chi connectivity index (χ0n) is 9.24. The van der Waals surface area contributed by atoms with Crippen LogP contribution >= 0.6 is 0 Å². The van der Waals surface area contributed by atoms with Crippen molar-refractivity contribution in [2.24, 2.45) is 9.98 Å². The van der Waals surface area contributed by atoms with Gasteiger partial charge < -0.3 is 0 Å². The quantitative estimate of drug-likeness (QED) is 0.766. The largest absolute Gasteiger partial charge is 0.260 e. The van der Waals surface area contributed by atoms with Crippen molar-refractivity contribution in [1.82, 2.24) is 4.98 Å². The first kappa shape index (κ1) is 9.90. The lowest BCUT2D eigenvalue weighted by atomic mass is 10.2. The Hall–Kier alpha value is -2.29. The van der Waals surface area contributed by atoms with Crippen molar-refractivity contribution in [1.29, 1.82) is 0 Å². The van der Waals surface area contributed by atoms with Crippen molar-refractivity contribution in [3.8, 4) is 0 Å². The van der Waals surface area contributed by atoms with Gasteiger partial charge in [0.2, 0.25) is 0 Å². The molecule has 2 aromatic rings. The number of benzene rings is 1. The molecular weight excluding hydrogens is 210 g/mol. The van der Waals surface area contributed by atoms with E-state index in [9.17, 15) is 0 Å². The highest BCUT2D eigenvalue weighted by Crippen LogP contribution is 2.10. The Bertz CT molecular complexity index is 571. The molecule has 82 valence electrons. The van der Waals surface area contributed by atoms with E-state index in [0.29, 0.717) is 6.54 Å². The van der Waals surface area contributed by atoms with Crippen LogP contribution in [0.1, 0.15) is 11.3 Å². The van der Waals surface area contributed by atoms with Crippen LogP contribution in [0, 0.1) is 0 Å². The molecule has 0 unspecified atom stereocenters. The van der Waals surface area contributed by atoms with E-state index < -0.39 is 0 Å². The van der Waals surface area contributed by atoms with E-state index in [1.807, 2.05) is 48.5 Å². The zero-order valence-corrected chi connectivity index (χ0v) is 9.24. The molecule has 0 aliphatic carbocycles. The number of nitrogens with zero attached hydrogens (tertiary/aromatic N) is 3. The van der Waals surface area contributed by atoms with Crippen LogP contribution in [-0.2, 0) is 0 Å². The van der Waals surface area contributed by atoms with Gasteiger partial charge in [0, 0.05) is 11.8 Å². The molecule has 0 radical (unpaired) electrons. The van der Waals surface area contributed by atoms with Crippen molar-refractivity contribution in [3.63, 3.8) is 0 Å². The van der Waals surface area contributed by atoms with E-state index in [4.69, 9.17) is 0 Å². The third-order valence-electron chi connectivity index (χ3n) is 2.61. The van der Waals surface area contributed by atoms with Gasteiger partial charge in [0.25, 0.3) is 0 Å². The first-order valence-corrected chi connectivity index (χ1v) is 5.52. The second-order valence-electron chi connectivity index (χ2n) is 3.78. The summed E-state index contributed by atoms with van der Waals surface area (Å²) in [5.74, 6) is 0.797. The molecule has 0 atom stereocenters. The van der Waals surface area contributed by atoms with Crippen molar-refractivity contribution < 1.29 is 0 Å². The van der Waals surface area contributed by atoms with E-state index in [-0.39, 0.29) is 0 Å². The summed E-state index contributed by atoms with van der Waals surface area (Å²) >= 11 is 0. The molecule has 3 rings (SSSR count). The molecule has 0 N–H and O–H groups in total. The van der Waals surface area contributed by atoms with E-state index in [1.165, 1.54) is 0 Å². The maximum absolute atomic E-state index is 4.53. The standard InChI is InChI=1S/C14H11N3/c1-2-6-11(7-3-1)14-16-10-13(17-14)12-8-4-5-9-15-12/h1-9H,10H2. The van der Waals surface area contributed by atoms with Gasteiger partial charge in [-0.05, 0) is 12.1 Å². The van der Waals surface area contributed by atoms with Gasteiger partial charge in [-0.2, -0.15) is 0 Å². The van der Waals surface area contributed by atoms with Gasteiger partial charge in [-0.25, -0.2) is 4.99 Å². The summed E-state index contributed by atoms with van der Waals surface area (Å²) in [5, 5.41) is 0. The predicted octanol–water partition coefficient (Wildman–Crippen LogP) is 2.33. The molecule has 3 heteroatoms. The minimum Gasteiger partial charge on any atom is -0.260 e. The van der Waals surface area contributed by atoms with Crippen LogP contribution < -0.4 is 0 Å². The number of amidine groups is 1. The number of rotatable bonds is 2. The fourth-order valence-electron chi connectivity index (χ4n) is 1.76. The van der Waals surface area contributed by atoms with Gasteiger partial charge in [-0.1, -0.05) is 36.4 Å². The Kier molecular flexibility index (Phi) is 2.50. The lowest BCUT2D eigenvalue weighted by Crippen LogP contribution is -2.03. The number of aromatic nitrogens is 1. The van der Waals surface area contributed by atoms with E-state index >= 15 is 0 Å². The first-order chi connectivity index (χ1) is 8.43. The van der Waals surface area contributed by atoms with Gasteiger partial charge in [0.15, 0.2) is 5.84 Å². The summed E-state index contributed by atoms with van der Waals surface area (Å²) in [6.45, 7) is 0.612. The monoisotopic (exact) mass is 221 g/mol. The molecule has 0 bridgehead atoms. The lowest BCUT2D eigenvalue weighted by Gasteiger charge is -1.97. The van der Waals surface area contributed by atoms with Crippen LogP contribution in [-0.4, -0.2) is 23.1 Å². The Morgan fingerprint density at radius 2 is 1.71 bits per heavy atom. The summed E-state index contributed by atoms with van der Waals surface area (Å²) in [7, 11) is 0. The number of hydrogen-bond donors (Lipinski definition) is 0. The summed E-state index contributed by atoms with van der Waals surface area (Å²) < 4.78 is 0. The topological polar surface area (TPSA) is 37.6 Å². The van der Waals surface area contributed by atoms with Crippen LogP contribution in [0.4, 0.5) is 0 Å². The average molecular weight is 221 g/mol. The summed E-state index contributed by atoms with van der Waals surface area (Å²) in [5.41, 5.74) is 2.89. The van der Waals surface area contributed by atoms with Crippen molar-refractivity contribution >= 4 is 11.5 Å². The highest BCUT2D eigenvalue weighted by atomic mass is 15.0. The fourth-order valence-corrected chi connectivity index (χ4v) is 1.76. The number of pyridine rings is 1. The van der Waals surface area contributed by atoms with Crippen molar-refractivity contribution in [3.05, 3.63) is 66.0 Å². The second-order valence-corrected chi connectivity index (χ2v) is 3.78. The van der Waals surface area contributed by atoms with Gasteiger partial charge >= 0.3 is 0 Å². The van der Waals surface area contributed by atoms with Crippen LogP contribution in [0.5, 0.6) is 0 Å². The van der Waals surface area contributed by atoms with Gasteiger partial charge in [0.05, 0.1) is 18.0 Å². The molecule has 3 nitrogen and oxygen atoms in total. The molecule has 0 fully saturated rings. The molecule has 0 saturated carbocycles. The molecular formula is C14H11N3. The molecule has 1 aromatic heterocycles. The third-order valence-corrected chi connectivity index (χ3v) is 2.61. The second kappa shape index (κ2) is 4.29. The van der Waals surface area contributed by atoms with Crippen LogP contribution in [0.2, 0.25) is 0 Å². The SMILES string of the molecule is c1ccc(C2=NCC(c3ccccn3)=N2)cc1. The molecule has 17 heavy (non-hydrogen) atoms. The maximum Gasteiger partial charge on any atom is 0.155 e. The molecule has 1 aliphatic heterocycles. The van der Waals surface area contributed by atoms with Crippen molar-refractivity contribution in [2.75, 3.05) is 6.54 Å². The van der Waals surface area contributed by atoms with E-state index in [0.717, 1.165) is 22.8 Å². The average Bonchev–Trinajstić information content (AvgIpc) is 2.90. The smallest absolute Gasteiger partial charge is 0.155 e. The van der Waals surface area contributed by atoms with E-state index in [1.54, 1.807) is 6.20 Å². The maximum atomic E-state index is 4.53. The molecule has 0 amide bonds. The number of aliphatic imine (C=N–C) groups is 2. The Balaban J connectivity index is 1.91. The lowest BCUT2D eigenvalue weighted by molar-refractivity contribution is 1.25. The molecule has 0 saturated heterocycles. The summed E-state index contributed by atoms with van der Waals surface area (Å²) in [6.07, 6.45) is 1.78. The Morgan fingerprint density at radius 1 is 0.882 bits per heavy atom. The highest BCUT2D eigenvalue weighted by molar-refractivity contribution is 6.16. The van der Waals surface area contributed by atoms with Gasteiger partial charge in [-0.15, -0.1) is 0 Å². The highest BCUT2D eigenvalue weighted by Gasteiger charge is 2.13. The fraction of sp³-hybridized carbons (Fsp3) is 0.0714. The van der Waals surface area contributed by atoms with Gasteiger partial charge in [-0.3, -0.25) is 9.98 Å². The molecule has 1 aromatic carbocycles. The molecule has 2 heterocycles. The third kappa shape index (κ3) is 1.99. The van der Waals surface area contributed by atoms with Gasteiger partial charge in [0.1, 0.15) is 0 Å². The minimum absolute atomic E-state index is 0.612. The molecule has 1 aliphatic rings. The predicted molar refractivity (Wildman–Crippen MR) is 68.6 cm³/mol. The summed E-state index contributed by atoms with van der Waals surface area (Å²) in [4.78, 5) is 13.3. The van der Waals surface area contributed by atoms with Crippen LogP contribution in [0.25, 0.3) is 0 Å². The summed E-state index contributed by atoms with van der Waals surface area (Å²) in [6, 6.07) is 15.8. The minimum atomic E-state index is 0.612. The van der Waals surface area contributed by atoms with E-state index in [2.05, 4.69) is 15.0 Å². The van der Waals surface area contributed by atoms with Crippen molar-refractivity contribution in [2.45, 2.75) is 0 Å². The normalized spacial score (nSPS) is 14.4. The van der Waals surface area contributed by atoms with Crippen LogP contribution in [0.15, 0.2) is 64.7 Å². The first-order valence-electron chi connectivity index (χ1n) is 5.52. The zero-order chi connectivity index (χ0) is 11.5. The Labute approximate surface area is 99.6 Å². The molecule has 0 spiro atoms. The Morgan fingerprint density at radius 3 is 2.47 bits per heavy atom. The van der Waals surface area contributed by atoms with Crippen LogP contribution in [0.3, 0.4) is 0 Å². The number of hydrogen-bond acceptors (Lipinski definition) is 3.